The van der Waals surface area contributed by atoms with E-state index in [-0.39, 0.29) is 30.3 Å². The molecular weight excluding hydrogens is 416 g/mol. The van der Waals surface area contributed by atoms with Gasteiger partial charge in [0.15, 0.2) is 17.8 Å². The number of phenols is 2. The van der Waals surface area contributed by atoms with Gasteiger partial charge in [-0.2, -0.15) is 0 Å². The Bertz CT molecular complexity index is 789. The maximum Gasteiger partial charge on any atom is 0.331 e. The van der Waals surface area contributed by atoms with E-state index in [1.54, 1.807) is 0 Å². The SMILES string of the molecule is O=C(C=Cc1ccc(O)c(O)c1)OCC=C(CO)CO[C@@H]1O[C@H](CO)[C@@H](O)[C@H](O)[C@H]1O. The van der Waals surface area contributed by atoms with Crippen LogP contribution in [0.2, 0.25) is 0 Å². The molecule has 5 atom stereocenters. The molecule has 0 saturated carbocycles. The predicted molar refractivity (Wildman–Crippen MR) is 105 cm³/mol. The minimum Gasteiger partial charge on any atom is -0.504 e. The maximum atomic E-state index is 11.8. The minimum atomic E-state index is -1.58. The third kappa shape index (κ3) is 7.01. The predicted octanol–water partition coefficient (Wildman–Crippen LogP) is -1.61. The maximum absolute atomic E-state index is 11.8. The van der Waals surface area contributed by atoms with E-state index in [4.69, 9.17) is 19.3 Å². The van der Waals surface area contributed by atoms with E-state index in [0.29, 0.717) is 5.56 Å². The summed E-state index contributed by atoms with van der Waals surface area (Å²) < 4.78 is 15.5. The monoisotopic (exact) mass is 442 g/mol. The molecule has 31 heavy (non-hydrogen) atoms. The smallest absolute Gasteiger partial charge is 0.331 e. The zero-order valence-electron chi connectivity index (χ0n) is 16.4. The molecule has 0 bridgehead atoms. The highest BCUT2D eigenvalue weighted by Gasteiger charge is 2.44. The van der Waals surface area contributed by atoms with E-state index in [1.165, 1.54) is 30.4 Å². The van der Waals surface area contributed by atoms with Crippen LogP contribution >= 0.6 is 0 Å². The number of aliphatic hydroxyl groups is 5. The molecule has 0 spiro atoms. The molecule has 0 aromatic heterocycles. The molecule has 0 radical (unpaired) electrons. The average molecular weight is 442 g/mol. The van der Waals surface area contributed by atoms with Crippen molar-refractivity contribution in [3.05, 3.63) is 41.5 Å². The van der Waals surface area contributed by atoms with Gasteiger partial charge < -0.3 is 50.0 Å². The lowest BCUT2D eigenvalue weighted by atomic mass is 9.99. The van der Waals surface area contributed by atoms with Crippen LogP contribution in [0, 0.1) is 0 Å². The normalized spacial score (nSPS) is 26.9. The third-order valence-electron chi connectivity index (χ3n) is 4.49. The van der Waals surface area contributed by atoms with Crippen LogP contribution in [0.5, 0.6) is 11.5 Å². The molecule has 1 saturated heterocycles. The number of hydrogen-bond acceptors (Lipinski definition) is 11. The van der Waals surface area contributed by atoms with Gasteiger partial charge in [-0.15, -0.1) is 0 Å². The molecule has 0 aliphatic carbocycles. The van der Waals surface area contributed by atoms with Crippen molar-refractivity contribution >= 4 is 12.0 Å². The number of benzene rings is 1. The second kappa shape index (κ2) is 11.8. The fourth-order valence-electron chi connectivity index (χ4n) is 2.66. The molecule has 11 heteroatoms. The second-order valence-electron chi connectivity index (χ2n) is 6.74. The number of phenolic OH excluding ortho intramolecular Hbond substituents is 2. The topological polar surface area (TPSA) is 186 Å². The van der Waals surface area contributed by atoms with Gasteiger partial charge in [-0.3, -0.25) is 0 Å². The summed E-state index contributed by atoms with van der Waals surface area (Å²) in [5.41, 5.74) is 0.754. The summed E-state index contributed by atoms with van der Waals surface area (Å²) in [5.74, 6) is -1.31. The van der Waals surface area contributed by atoms with Gasteiger partial charge in [0.2, 0.25) is 0 Å². The van der Waals surface area contributed by atoms with Crippen molar-refractivity contribution in [2.75, 3.05) is 26.4 Å². The summed E-state index contributed by atoms with van der Waals surface area (Å²) in [6.07, 6.45) is -3.26. The molecule has 1 aliphatic rings. The van der Waals surface area contributed by atoms with Crippen LogP contribution in [0.3, 0.4) is 0 Å². The van der Waals surface area contributed by atoms with Crippen molar-refractivity contribution in [2.24, 2.45) is 0 Å². The summed E-state index contributed by atoms with van der Waals surface area (Å²) in [6.45, 7) is -1.48. The van der Waals surface area contributed by atoms with Gasteiger partial charge in [-0.25, -0.2) is 4.79 Å². The number of carbonyl (C=O) groups excluding carboxylic acids is 1. The first-order chi connectivity index (χ1) is 14.8. The first kappa shape index (κ1) is 24.8. The fourth-order valence-corrected chi connectivity index (χ4v) is 2.66. The highest BCUT2D eigenvalue weighted by molar-refractivity contribution is 5.87. The number of esters is 1. The second-order valence-corrected chi connectivity index (χ2v) is 6.74. The van der Waals surface area contributed by atoms with Crippen LogP contribution in [-0.4, -0.2) is 98.8 Å². The molecule has 1 fully saturated rings. The van der Waals surface area contributed by atoms with E-state index in [0.717, 1.165) is 6.08 Å². The largest absolute Gasteiger partial charge is 0.504 e. The summed E-state index contributed by atoms with van der Waals surface area (Å²) in [4.78, 5) is 11.8. The number of aromatic hydroxyl groups is 2. The Morgan fingerprint density at radius 3 is 2.45 bits per heavy atom. The molecule has 1 aliphatic heterocycles. The highest BCUT2D eigenvalue weighted by Crippen LogP contribution is 2.25. The molecule has 0 amide bonds. The molecule has 172 valence electrons. The molecule has 1 heterocycles. The van der Waals surface area contributed by atoms with Crippen molar-refractivity contribution in [1.29, 1.82) is 0 Å². The van der Waals surface area contributed by atoms with Gasteiger partial charge in [0.05, 0.1) is 19.8 Å². The summed E-state index contributed by atoms with van der Waals surface area (Å²) >= 11 is 0. The first-order valence-electron chi connectivity index (χ1n) is 9.34. The molecule has 2 rings (SSSR count). The van der Waals surface area contributed by atoms with E-state index in [9.17, 15) is 35.4 Å². The molecule has 1 aromatic rings. The minimum absolute atomic E-state index is 0.196. The Morgan fingerprint density at radius 2 is 1.81 bits per heavy atom. The van der Waals surface area contributed by atoms with Crippen molar-refractivity contribution < 1.29 is 54.8 Å². The van der Waals surface area contributed by atoms with Crippen LogP contribution in [0.4, 0.5) is 0 Å². The Hall–Kier alpha value is -2.51. The van der Waals surface area contributed by atoms with Gasteiger partial charge >= 0.3 is 5.97 Å². The van der Waals surface area contributed by atoms with Crippen LogP contribution in [0.25, 0.3) is 6.08 Å². The van der Waals surface area contributed by atoms with Crippen molar-refractivity contribution in [2.45, 2.75) is 30.7 Å². The number of ether oxygens (including phenoxy) is 3. The zero-order chi connectivity index (χ0) is 23.0. The number of aliphatic hydroxyl groups excluding tert-OH is 5. The first-order valence-corrected chi connectivity index (χ1v) is 9.34. The Kier molecular flexibility index (Phi) is 9.40. The van der Waals surface area contributed by atoms with Gasteiger partial charge in [0.25, 0.3) is 0 Å². The molecule has 7 N–H and O–H groups in total. The summed E-state index contributed by atoms with van der Waals surface area (Å²) in [7, 11) is 0. The van der Waals surface area contributed by atoms with Crippen LogP contribution in [-0.2, 0) is 19.0 Å². The molecule has 1 aromatic carbocycles. The Balaban J connectivity index is 1.83. The van der Waals surface area contributed by atoms with Gasteiger partial charge in [0.1, 0.15) is 31.0 Å². The van der Waals surface area contributed by atoms with Crippen molar-refractivity contribution in [3.8, 4) is 11.5 Å². The van der Waals surface area contributed by atoms with Gasteiger partial charge in [-0.1, -0.05) is 6.07 Å². The number of rotatable bonds is 9. The van der Waals surface area contributed by atoms with Gasteiger partial charge in [0, 0.05) is 6.08 Å². The Morgan fingerprint density at radius 1 is 1.06 bits per heavy atom. The zero-order valence-corrected chi connectivity index (χ0v) is 16.4. The highest BCUT2D eigenvalue weighted by atomic mass is 16.7. The average Bonchev–Trinajstić information content (AvgIpc) is 2.76. The lowest BCUT2D eigenvalue weighted by molar-refractivity contribution is -0.299. The van der Waals surface area contributed by atoms with E-state index < -0.39 is 49.9 Å². The van der Waals surface area contributed by atoms with Crippen LogP contribution in [0.1, 0.15) is 5.56 Å². The fraction of sp³-hybridized carbons (Fsp3) is 0.450. The summed E-state index contributed by atoms with van der Waals surface area (Å²) in [5, 5.41) is 66.6. The van der Waals surface area contributed by atoms with E-state index >= 15 is 0 Å². The van der Waals surface area contributed by atoms with E-state index in [1.807, 2.05) is 0 Å². The molecule has 11 nitrogen and oxygen atoms in total. The number of hydrogen-bond donors (Lipinski definition) is 7. The van der Waals surface area contributed by atoms with E-state index in [2.05, 4.69) is 0 Å². The summed E-state index contributed by atoms with van der Waals surface area (Å²) in [6, 6.07) is 4.02. The third-order valence-corrected chi connectivity index (χ3v) is 4.49. The molecular formula is C20H26O11. The van der Waals surface area contributed by atoms with Crippen LogP contribution in [0.15, 0.2) is 35.9 Å². The molecule has 0 unspecified atom stereocenters. The van der Waals surface area contributed by atoms with Gasteiger partial charge in [-0.05, 0) is 35.4 Å². The standard InChI is InChI=1S/C20H26O11/c21-8-12(10-30-20-19(28)18(27)17(26)15(9-22)31-20)5-6-29-16(25)4-2-11-1-3-13(23)14(24)7-11/h1-5,7,15,17-24,26-28H,6,8-10H2/t15-,17-,18+,19-,20-/m1/s1. The lowest BCUT2D eigenvalue weighted by Crippen LogP contribution is -2.59. The number of carbonyl (C=O) groups is 1. The van der Waals surface area contributed by atoms with Crippen LogP contribution < -0.4 is 0 Å². The quantitative estimate of drug-likeness (QED) is 0.101. The lowest BCUT2D eigenvalue weighted by Gasteiger charge is -2.39. The van der Waals surface area contributed by atoms with Crippen molar-refractivity contribution in [3.63, 3.8) is 0 Å². The Labute approximate surface area is 177 Å². The van der Waals surface area contributed by atoms with Crippen molar-refractivity contribution in [1.82, 2.24) is 0 Å².